The van der Waals surface area contributed by atoms with Crippen LogP contribution in [0.3, 0.4) is 0 Å². The van der Waals surface area contributed by atoms with Crippen LogP contribution >= 0.6 is 11.6 Å². The van der Waals surface area contributed by atoms with Crippen molar-refractivity contribution in [3.63, 3.8) is 0 Å². The van der Waals surface area contributed by atoms with Gasteiger partial charge in [0.1, 0.15) is 12.1 Å². The Labute approximate surface area is 209 Å². The molecule has 1 N–H and O–H groups in total. The average Bonchev–Trinajstić information content (AvgIpc) is 3.36. The number of esters is 1. The molecule has 35 heavy (non-hydrogen) atoms. The molecule has 4 rings (SSSR count). The van der Waals surface area contributed by atoms with E-state index in [0.29, 0.717) is 28.9 Å². The van der Waals surface area contributed by atoms with E-state index in [1.165, 1.54) is 5.56 Å². The van der Waals surface area contributed by atoms with Crippen LogP contribution in [0.15, 0.2) is 83.3 Å². The molecule has 1 aromatic heterocycles. The molecule has 1 unspecified atom stereocenters. The molecule has 6 nitrogen and oxygen atoms in total. The van der Waals surface area contributed by atoms with Gasteiger partial charge in [-0.1, -0.05) is 71.8 Å². The van der Waals surface area contributed by atoms with Gasteiger partial charge in [-0.05, 0) is 55.3 Å². The molecule has 0 saturated heterocycles. The van der Waals surface area contributed by atoms with Gasteiger partial charge in [0, 0.05) is 17.6 Å². The molecular weight excluding hydrogens is 462 g/mol. The number of hydrogen-bond donors (Lipinski definition) is 1. The summed E-state index contributed by atoms with van der Waals surface area (Å²) < 4.78 is 11.6. The third-order valence-corrected chi connectivity index (χ3v) is 5.72. The fraction of sp³-hybridized carbons (Fsp3) is 0.179. The minimum atomic E-state index is -0.912. The first-order chi connectivity index (χ1) is 16.9. The van der Waals surface area contributed by atoms with Gasteiger partial charge in [0.2, 0.25) is 11.8 Å². The topological polar surface area (TPSA) is 77.2 Å². The summed E-state index contributed by atoms with van der Waals surface area (Å²) >= 11 is 6.05. The van der Waals surface area contributed by atoms with Gasteiger partial charge in [-0.15, -0.1) is 10.2 Å². The van der Waals surface area contributed by atoms with E-state index in [1.807, 2.05) is 62.4 Å². The highest BCUT2D eigenvalue weighted by molar-refractivity contribution is 6.30. The van der Waals surface area contributed by atoms with Gasteiger partial charge in [-0.25, -0.2) is 4.79 Å². The van der Waals surface area contributed by atoms with Gasteiger partial charge in [0.05, 0.1) is 5.56 Å². The van der Waals surface area contributed by atoms with Crippen LogP contribution in [-0.2, 0) is 16.8 Å². The summed E-state index contributed by atoms with van der Waals surface area (Å²) in [5.41, 5.74) is 2.74. The van der Waals surface area contributed by atoms with Crippen LogP contribution in [0.1, 0.15) is 45.8 Å². The number of carbonyl (C=O) groups excluding carboxylic acids is 1. The van der Waals surface area contributed by atoms with E-state index in [9.17, 15) is 4.79 Å². The largest absolute Gasteiger partial charge is 0.460 e. The summed E-state index contributed by atoms with van der Waals surface area (Å²) in [5.74, 6) is 0.225. The molecule has 0 bridgehead atoms. The number of aryl methyl sites for hydroxylation is 1. The summed E-state index contributed by atoms with van der Waals surface area (Å²) in [6.45, 7) is 4.45. The Morgan fingerprint density at radius 3 is 2.54 bits per heavy atom. The maximum Gasteiger partial charge on any atom is 0.338 e. The highest BCUT2D eigenvalue weighted by atomic mass is 35.5. The molecular formula is C28H26ClN3O3. The maximum absolute atomic E-state index is 12.6. The fourth-order valence-electron chi connectivity index (χ4n) is 3.36. The summed E-state index contributed by atoms with van der Waals surface area (Å²) in [7, 11) is 0. The number of benzene rings is 3. The van der Waals surface area contributed by atoms with Crippen molar-refractivity contribution in [1.82, 2.24) is 15.5 Å². The van der Waals surface area contributed by atoms with Crippen molar-refractivity contribution in [1.29, 1.82) is 0 Å². The minimum Gasteiger partial charge on any atom is -0.460 e. The fourth-order valence-corrected chi connectivity index (χ4v) is 3.56. The number of aromatic nitrogens is 2. The zero-order chi connectivity index (χ0) is 24.7. The molecule has 0 amide bonds. The predicted octanol–water partition coefficient (Wildman–Crippen LogP) is 6.06. The van der Waals surface area contributed by atoms with E-state index < -0.39 is 11.5 Å². The van der Waals surface area contributed by atoms with E-state index >= 15 is 0 Å². The normalized spacial score (nSPS) is 13.0. The Morgan fingerprint density at radius 2 is 1.80 bits per heavy atom. The zero-order valence-electron chi connectivity index (χ0n) is 19.6. The van der Waals surface area contributed by atoms with Crippen molar-refractivity contribution in [2.45, 2.75) is 25.9 Å². The molecule has 178 valence electrons. The monoisotopic (exact) mass is 487 g/mol. The van der Waals surface area contributed by atoms with Gasteiger partial charge in [0.25, 0.3) is 0 Å². The maximum atomic E-state index is 12.6. The first-order valence-corrected chi connectivity index (χ1v) is 11.6. The van der Waals surface area contributed by atoms with Gasteiger partial charge < -0.3 is 9.15 Å². The molecule has 7 heteroatoms. The third kappa shape index (κ3) is 6.66. The van der Waals surface area contributed by atoms with Crippen LogP contribution in [0.4, 0.5) is 0 Å². The van der Waals surface area contributed by atoms with Crippen molar-refractivity contribution in [3.8, 4) is 0 Å². The predicted molar refractivity (Wildman–Crippen MR) is 137 cm³/mol. The smallest absolute Gasteiger partial charge is 0.338 e. The molecule has 0 radical (unpaired) electrons. The molecule has 0 aliphatic carbocycles. The molecule has 0 aliphatic rings. The average molecular weight is 488 g/mol. The van der Waals surface area contributed by atoms with E-state index in [2.05, 4.69) is 27.6 Å². The molecule has 1 heterocycles. The number of halogens is 1. The number of rotatable bonds is 9. The standard InChI is InChI=1S/C28H26ClN3O3/c1-20-11-13-22(14-12-20)18-30-28(2,19-34-26(33)23-8-4-3-5-9-23)27-32-31-25(35-27)16-15-21-7-6-10-24(29)17-21/h3-17,30H,18-19H2,1-2H3/b16-15+. The second kappa shape index (κ2) is 11.1. The number of ether oxygens (including phenoxy) is 1. The van der Waals surface area contributed by atoms with Crippen LogP contribution < -0.4 is 5.32 Å². The van der Waals surface area contributed by atoms with Crippen LogP contribution in [-0.4, -0.2) is 22.8 Å². The minimum absolute atomic E-state index is 0.00618. The molecule has 4 aromatic rings. The first-order valence-electron chi connectivity index (χ1n) is 11.2. The summed E-state index contributed by atoms with van der Waals surface area (Å²) in [6.07, 6.45) is 3.56. The van der Waals surface area contributed by atoms with Gasteiger partial charge in [-0.2, -0.15) is 0 Å². The van der Waals surface area contributed by atoms with Crippen LogP contribution in [0.5, 0.6) is 0 Å². The first kappa shape index (κ1) is 24.4. The number of hydrogen-bond acceptors (Lipinski definition) is 6. The van der Waals surface area contributed by atoms with Crippen LogP contribution in [0.2, 0.25) is 5.02 Å². The lowest BCUT2D eigenvalue weighted by atomic mass is 10.0. The highest BCUT2D eigenvalue weighted by Crippen LogP contribution is 2.23. The molecule has 0 spiro atoms. The summed E-state index contributed by atoms with van der Waals surface area (Å²) in [4.78, 5) is 12.6. The van der Waals surface area contributed by atoms with E-state index in [4.69, 9.17) is 20.8 Å². The second-order valence-electron chi connectivity index (χ2n) is 8.45. The molecule has 1 atom stereocenters. The summed E-state index contributed by atoms with van der Waals surface area (Å²) in [5, 5.41) is 12.5. The Morgan fingerprint density at radius 1 is 1.03 bits per heavy atom. The van der Waals surface area contributed by atoms with Gasteiger partial charge >= 0.3 is 5.97 Å². The van der Waals surface area contributed by atoms with Crippen molar-refractivity contribution < 1.29 is 13.9 Å². The van der Waals surface area contributed by atoms with Crippen LogP contribution in [0.25, 0.3) is 12.2 Å². The Balaban J connectivity index is 1.53. The second-order valence-corrected chi connectivity index (χ2v) is 8.88. The third-order valence-electron chi connectivity index (χ3n) is 5.48. The zero-order valence-corrected chi connectivity index (χ0v) is 20.3. The van der Waals surface area contributed by atoms with Gasteiger partial charge in [0.15, 0.2) is 0 Å². The lowest BCUT2D eigenvalue weighted by Gasteiger charge is -2.27. The Hall–Kier alpha value is -3.74. The van der Waals surface area contributed by atoms with Crippen molar-refractivity contribution in [2.24, 2.45) is 0 Å². The quantitative estimate of drug-likeness (QED) is 0.289. The molecule has 3 aromatic carbocycles. The van der Waals surface area contributed by atoms with E-state index in [1.54, 1.807) is 30.3 Å². The lowest BCUT2D eigenvalue weighted by molar-refractivity contribution is 0.0342. The van der Waals surface area contributed by atoms with Gasteiger partial charge in [-0.3, -0.25) is 5.32 Å². The SMILES string of the molecule is Cc1ccc(CNC(C)(COC(=O)c2ccccc2)c2nnc(/C=C/c3cccc(Cl)c3)o2)cc1. The Kier molecular flexibility index (Phi) is 7.75. The summed E-state index contributed by atoms with van der Waals surface area (Å²) in [6, 6.07) is 24.5. The lowest BCUT2D eigenvalue weighted by Crippen LogP contribution is -2.44. The van der Waals surface area contributed by atoms with Crippen LogP contribution in [0, 0.1) is 6.92 Å². The number of nitrogens with one attached hydrogen (secondary N) is 1. The molecule has 0 fully saturated rings. The van der Waals surface area contributed by atoms with Crippen molar-refractivity contribution in [2.75, 3.05) is 6.61 Å². The Bertz CT molecular complexity index is 1300. The number of carbonyl (C=O) groups is 1. The van der Waals surface area contributed by atoms with E-state index in [-0.39, 0.29) is 6.61 Å². The molecule has 0 aliphatic heterocycles. The van der Waals surface area contributed by atoms with Crippen molar-refractivity contribution >= 4 is 29.7 Å². The van der Waals surface area contributed by atoms with E-state index in [0.717, 1.165) is 11.1 Å². The molecule has 0 saturated carbocycles. The highest BCUT2D eigenvalue weighted by Gasteiger charge is 2.34. The number of nitrogens with zero attached hydrogens (tertiary/aromatic N) is 2. The van der Waals surface area contributed by atoms with Crippen molar-refractivity contribution in [3.05, 3.63) is 118 Å².